The van der Waals surface area contributed by atoms with E-state index in [-0.39, 0.29) is 11.9 Å². The first-order chi connectivity index (χ1) is 8.02. The lowest BCUT2D eigenvalue weighted by atomic mass is 10.1. The van der Waals surface area contributed by atoms with Gasteiger partial charge in [-0.25, -0.2) is 0 Å². The molecule has 17 heavy (non-hydrogen) atoms. The third-order valence-corrected chi connectivity index (χ3v) is 4.67. The van der Waals surface area contributed by atoms with E-state index in [0.29, 0.717) is 16.6 Å². The second-order valence-electron chi connectivity index (χ2n) is 4.42. The molecule has 6 heteroatoms. The average Bonchev–Trinajstić information content (AvgIpc) is 2.62. The summed E-state index contributed by atoms with van der Waals surface area (Å²) in [6.45, 7) is 6.84. The number of nitrogens with one attached hydrogen (secondary N) is 1. The van der Waals surface area contributed by atoms with Crippen molar-refractivity contribution in [2.45, 2.75) is 32.1 Å². The second kappa shape index (κ2) is 4.60. The van der Waals surface area contributed by atoms with E-state index in [1.54, 1.807) is 0 Å². The van der Waals surface area contributed by atoms with Crippen LogP contribution >= 0.6 is 11.8 Å². The van der Waals surface area contributed by atoms with Gasteiger partial charge in [0.15, 0.2) is 5.82 Å². The number of H-pyrrole nitrogens is 1. The lowest BCUT2D eigenvalue weighted by Gasteiger charge is -2.37. The quantitative estimate of drug-likeness (QED) is 0.791. The van der Waals surface area contributed by atoms with Crippen molar-refractivity contribution in [1.29, 1.82) is 0 Å². The molecule has 1 fully saturated rings. The molecule has 0 saturated carbocycles. The SMILES string of the molecule is Cc1[nH]nc(N)c1C(=O)N1CCSC(C)C1C. The molecule has 3 N–H and O–H groups in total. The van der Waals surface area contributed by atoms with Gasteiger partial charge in [-0.15, -0.1) is 0 Å². The number of amides is 1. The lowest BCUT2D eigenvalue weighted by Crippen LogP contribution is -2.48. The third-order valence-electron chi connectivity index (χ3n) is 3.33. The minimum absolute atomic E-state index is 0.00611. The Morgan fingerprint density at radius 1 is 1.59 bits per heavy atom. The number of anilines is 1. The standard InChI is InChI=1S/C11H18N4OS/c1-6-9(10(12)14-13-6)11(16)15-4-5-17-8(3)7(15)2/h7-8H,4-5H2,1-3H3,(H3,12,13,14). The smallest absolute Gasteiger partial charge is 0.259 e. The Morgan fingerprint density at radius 3 is 2.88 bits per heavy atom. The van der Waals surface area contributed by atoms with Crippen LogP contribution in [0.2, 0.25) is 0 Å². The number of aryl methyl sites for hydroxylation is 1. The number of nitrogen functional groups attached to an aromatic ring is 1. The van der Waals surface area contributed by atoms with Crippen molar-refractivity contribution in [3.05, 3.63) is 11.3 Å². The summed E-state index contributed by atoms with van der Waals surface area (Å²) in [6.07, 6.45) is 0. The average molecular weight is 254 g/mol. The van der Waals surface area contributed by atoms with Gasteiger partial charge in [0.05, 0.1) is 0 Å². The molecule has 2 rings (SSSR count). The summed E-state index contributed by atoms with van der Waals surface area (Å²) in [5.41, 5.74) is 7.00. The van der Waals surface area contributed by atoms with E-state index in [0.717, 1.165) is 18.0 Å². The Morgan fingerprint density at radius 2 is 2.29 bits per heavy atom. The van der Waals surface area contributed by atoms with Gasteiger partial charge in [-0.2, -0.15) is 16.9 Å². The van der Waals surface area contributed by atoms with Gasteiger partial charge in [0.1, 0.15) is 5.56 Å². The van der Waals surface area contributed by atoms with E-state index in [2.05, 4.69) is 24.0 Å². The number of nitrogens with two attached hydrogens (primary N) is 1. The molecule has 1 saturated heterocycles. The van der Waals surface area contributed by atoms with E-state index >= 15 is 0 Å². The number of carbonyl (C=O) groups excluding carboxylic acids is 1. The zero-order valence-electron chi connectivity index (χ0n) is 10.4. The largest absolute Gasteiger partial charge is 0.382 e. The Kier molecular flexibility index (Phi) is 3.33. The molecular weight excluding hydrogens is 236 g/mol. The van der Waals surface area contributed by atoms with Gasteiger partial charge in [0.2, 0.25) is 0 Å². The maximum atomic E-state index is 12.4. The summed E-state index contributed by atoms with van der Waals surface area (Å²) in [6, 6.07) is 0.231. The van der Waals surface area contributed by atoms with Crippen LogP contribution < -0.4 is 5.73 Å². The van der Waals surface area contributed by atoms with Crippen molar-refractivity contribution in [1.82, 2.24) is 15.1 Å². The highest BCUT2D eigenvalue weighted by molar-refractivity contribution is 8.00. The zero-order chi connectivity index (χ0) is 12.6. The molecule has 5 nitrogen and oxygen atoms in total. The molecule has 0 bridgehead atoms. The molecule has 1 aliphatic heterocycles. The molecule has 1 aromatic heterocycles. The lowest BCUT2D eigenvalue weighted by molar-refractivity contribution is 0.0698. The number of aromatic nitrogens is 2. The van der Waals surface area contributed by atoms with Crippen molar-refractivity contribution in [3.63, 3.8) is 0 Å². The number of hydrogen-bond acceptors (Lipinski definition) is 4. The summed E-state index contributed by atoms with van der Waals surface area (Å²) in [5.74, 6) is 1.27. The molecule has 0 aromatic carbocycles. The molecular formula is C11H18N4OS. The Balaban J connectivity index is 2.25. The first kappa shape index (κ1) is 12.3. The summed E-state index contributed by atoms with van der Waals surface area (Å²) in [7, 11) is 0. The zero-order valence-corrected chi connectivity index (χ0v) is 11.2. The van der Waals surface area contributed by atoms with E-state index in [9.17, 15) is 4.79 Å². The fraction of sp³-hybridized carbons (Fsp3) is 0.636. The third kappa shape index (κ3) is 2.13. The van der Waals surface area contributed by atoms with Crippen molar-refractivity contribution in [2.75, 3.05) is 18.0 Å². The summed E-state index contributed by atoms with van der Waals surface area (Å²) in [5, 5.41) is 7.09. The van der Waals surface area contributed by atoms with Crippen LogP contribution in [0.4, 0.5) is 5.82 Å². The summed E-state index contributed by atoms with van der Waals surface area (Å²) < 4.78 is 0. The predicted molar refractivity (Wildman–Crippen MR) is 70.2 cm³/mol. The van der Waals surface area contributed by atoms with Gasteiger partial charge in [-0.1, -0.05) is 6.92 Å². The van der Waals surface area contributed by atoms with Crippen LogP contribution in [0.15, 0.2) is 0 Å². The van der Waals surface area contributed by atoms with Gasteiger partial charge < -0.3 is 10.6 Å². The molecule has 0 spiro atoms. The molecule has 2 heterocycles. The van der Waals surface area contributed by atoms with E-state index in [1.165, 1.54) is 0 Å². The van der Waals surface area contributed by atoms with Crippen molar-refractivity contribution in [3.8, 4) is 0 Å². The number of nitrogens with zero attached hydrogens (tertiary/aromatic N) is 2. The van der Waals surface area contributed by atoms with Crippen LogP contribution in [0.25, 0.3) is 0 Å². The molecule has 1 aliphatic rings. The van der Waals surface area contributed by atoms with Crippen LogP contribution in [0, 0.1) is 6.92 Å². The highest BCUT2D eigenvalue weighted by atomic mass is 32.2. The first-order valence-electron chi connectivity index (χ1n) is 5.75. The van der Waals surface area contributed by atoms with Gasteiger partial charge in [-0.05, 0) is 13.8 Å². The van der Waals surface area contributed by atoms with Gasteiger partial charge in [0.25, 0.3) is 5.91 Å². The number of carbonyl (C=O) groups is 1. The first-order valence-corrected chi connectivity index (χ1v) is 6.80. The minimum atomic E-state index is -0.00611. The number of rotatable bonds is 1. The Bertz CT molecular complexity index is 412. The molecule has 94 valence electrons. The predicted octanol–water partition coefficient (Wildman–Crippen LogP) is 1.27. The topological polar surface area (TPSA) is 75.0 Å². The fourth-order valence-electron chi connectivity index (χ4n) is 2.08. The highest BCUT2D eigenvalue weighted by Gasteiger charge is 2.31. The maximum absolute atomic E-state index is 12.4. The second-order valence-corrected chi connectivity index (χ2v) is 5.91. The normalized spacial score (nSPS) is 25.0. The highest BCUT2D eigenvalue weighted by Crippen LogP contribution is 2.27. The van der Waals surface area contributed by atoms with Crippen LogP contribution in [0.5, 0.6) is 0 Å². The van der Waals surface area contributed by atoms with Crippen molar-refractivity contribution >= 4 is 23.5 Å². The van der Waals surface area contributed by atoms with E-state index < -0.39 is 0 Å². The van der Waals surface area contributed by atoms with Crippen LogP contribution in [0.3, 0.4) is 0 Å². The summed E-state index contributed by atoms with van der Waals surface area (Å²) in [4.78, 5) is 14.3. The maximum Gasteiger partial charge on any atom is 0.259 e. The van der Waals surface area contributed by atoms with Crippen LogP contribution in [-0.4, -0.2) is 44.6 Å². The Labute approximate surface area is 105 Å². The fourth-order valence-corrected chi connectivity index (χ4v) is 3.18. The molecule has 2 unspecified atom stereocenters. The molecule has 0 radical (unpaired) electrons. The Hall–Kier alpha value is -1.17. The van der Waals surface area contributed by atoms with Gasteiger partial charge in [-0.3, -0.25) is 9.89 Å². The molecule has 1 aromatic rings. The van der Waals surface area contributed by atoms with Crippen molar-refractivity contribution in [2.24, 2.45) is 0 Å². The molecule has 1 amide bonds. The summed E-state index contributed by atoms with van der Waals surface area (Å²) >= 11 is 1.90. The van der Waals surface area contributed by atoms with Gasteiger partial charge >= 0.3 is 0 Å². The number of thioether (sulfide) groups is 1. The van der Waals surface area contributed by atoms with Crippen molar-refractivity contribution < 1.29 is 4.79 Å². The number of hydrogen-bond donors (Lipinski definition) is 2. The van der Waals surface area contributed by atoms with E-state index in [1.807, 2.05) is 23.6 Å². The number of aromatic amines is 1. The van der Waals surface area contributed by atoms with Crippen LogP contribution in [0.1, 0.15) is 29.9 Å². The minimum Gasteiger partial charge on any atom is -0.382 e. The van der Waals surface area contributed by atoms with Gasteiger partial charge in [0, 0.05) is 29.3 Å². The molecule has 0 aliphatic carbocycles. The monoisotopic (exact) mass is 254 g/mol. The molecule has 2 atom stereocenters. The van der Waals surface area contributed by atoms with E-state index in [4.69, 9.17) is 5.73 Å². The van der Waals surface area contributed by atoms with Crippen LogP contribution in [-0.2, 0) is 0 Å².